The lowest BCUT2D eigenvalue weighted by molar-refractivity contribution is 0.775. The average Bonchev–Trinajstić information content (AvgIpc) is 2.82. The van der Waals surface area contributed by atoms with E-state index in [1.165, 1.54) is 5.56 Å². The molecule has 2 aromatic rings. The van der Waals surface area contributed by atoms with E-state index in [0.29, 0.717) is 5.92 Å². The first-order valence-electron chi connectivity index (χ1n) is 5.72. The van der Waals surface area contributed by atoms with Gasteiger partial charge < -0.3 is 5.32 Å². The lowest BCUT2D eigenvalue weighted by atomic mass is 10.1. The smallest absolute Gasteiger partial charge is 0.133 e. The molecule has 4 heteroatoms. The van der Waals surface area contributed by atoms with Gasteiger partial charge in [-0.15, -0.1) is 0 Å². The highest BCUT2D eigenvalue weighted by Crippen LogP contribution is 2.28. The number of aromatic nitrogens is 2. The molecule has 0 aliphatic carbocycles. The van der Waals surface area contributed by atoms with Gasteiger partial charge in [0.2, 0.25) is 0 Å². The van der Waals surface area contributed by atoms with Crippen LogP contribution in [-0.4, -0.2) is 17.0 Å². The SMILES string of the molecule is CNc1nc(C(C)C)nc(-c2ccsc2)c1C. The van der Waals surface area contributed by atoms with Crippen molar-refractivity contribution < 1.29 is 0 Å². The van der Waals surface area contributed by atoms with Crippen molar-refractivity contribution >= 4 is 17.2 Å². The standard InChI is InChI=1S/C13H17N3S/c1-8(2)12-15-11(10-5-6-17-7-10)9(3)13(14-4)16-12/h5-8H,1-4H3,(H,14,15,16). The van der Waals surface area contributed by atoms with Crippen LogP contribution in [0.5, 0.6) is 0 Å². The Hall–Kier alpha value is -1.42. The van der Waals surface area contributed by atoms with E-state index in [0.717, 1.165) is 22.9 Å². The molecule has 2 heterocycles. The third-order valence-electron chi connectivity index (χ3n) is 2.71. The summed E-state index contributed by atoms with van der Waals surface area (Å²) in [5.41, 5.74) is 3.32. The Balaban J connectivity index is 2.61. The minimum atomic E-state index is 0.333. The molecule has 0 aliphatic heterocycles. The summed E-state index contributed by atoms with van der Waals surface area (Å²) in [6.45, 7) is 6.28. The second-order valence-corrected chi connectivity index (χ2v) is 5.10. The summed E-state index contributed by atoms with van der Waals surface area (Å²) in [5.74, 6) is 2.14. The Kier molecular flexibility index (Phi) is 3.43. The molecular weight excluding hydrogens is 230 g/mol. The molecule has 0 radical (unpaired) electrons. The van der Waals surface area contributed by atoms with E-state index in [1.807, 2.05) is 7.05 Å². The zero-order valence-corrected chi connectivity index (χ0v) is 11.4. The Morgan fingerprint density at radius 3 is 2.59 bits per heavy atom. The molecule has 0 amide bonds. The van der Waals surface area contributed by atoms with Crippen molar-refractivity contribution in [3.63, 3.8) is 0 Å². The van der Waals surface area contributed by atoms with Crippen LogP contribution >= 0.6 is 11.3 Å². The molecule has 17 heavy (non-hydrogen) atoms. The van der Waals surface area contributed by atoms with E-state index in [1.54, 1.807) is 11.3 Å². The molecule has 0 unspecified atom stereocenters. The van der Waals surface area contributed by atoms with Crippen LogP contribution in [0.2, 0.25) is 0 Å². The highest BCUT2D eigenvalue weighted by atomic mass is 32.1. The van der Waals surface area contributed by atoms with Crippen molar-refractivity contribution in [2.75, 3.05) is 12.4 Å². The molecule has 0 spiro atoms. The molecule has 2 aromatic heterocycles. The molecule has 0 saturated carbocycles. The molecule has 2 rings (SSSR count). The summed E-state index contributed by atoms with van der Waals surface area (Å²) >= 11 is 1.69. The fourth-order valence-electron chi connectivity index (χ4n) is 1.72. The van der Waals surface area contributed by atoms with Gasteiger partial charge in [-0.25, -0.2) is 9.97 Å². The van der Waals surface area contributed by atoms with Crippen LogP contribution < -0.4 is 5.32 Å². The largest absolute Gasteiger partial charge is 0.373 e. The van der Waals surface area contributed by atoms with Crippen LogP contribution in [0.15, 0.2) is 16.8 Å². The van der Waals surface area contributed by atoms with E-state index < -0.39 is 0 Å². The summed E-state index contributed by atoms with van der Waals surface area (Å²) in [5, 5.41) is 7.34. The van der Waals surface area contributed by atoms with Gasteiger partial charge in [0.1, 0.15) is 11.6 Å². The zero-order valence-electron chi connectivity index (χ0n) is 10.6. The maximum atomic E-state index is 4.68. The molecule has 0 saturated heterocycles. The third kappa shape index (κ3) is 2.31. The monoisotopic (exact) mass is 247 g/mol. The van der Waals surface area contributed by atoms with Crippen molar-refractivity contribution in [1.29, 1.82) is 0 Å². The Labute approximate surface area is 106 Å². The van der Waals surface area contributed by atoms with Gasteiger partial charge in [0.15, 0.2) is 0 Å². The van der Waals surface area contributed by atoms with Crippen LogP contribution in [-0.2, 0) is 0 Å². The number of anilines is 1. The third-order valence-corrected chi connectivity index (χ3v) is 3.39. The fraction of sp³-hybridized carbons (Fsp3) is 0.385. The number of hydrogen-bond acceptors (Lipinski definition) is 4. The molecule has 0 aliphatic rings. The fourth-order valence-corrected chi connectivity index (χ4v) is 2.36. The van der Waals surface area contributed by atoms with E-state index in [2.05, 4.69) is 52.9 Å². The Morgan fingerprint density at radius 2 is 2.06 bits per heavy atom. The van der Waals surface area contributed by atoms with Crippen molar-refractivity contribution in [2.24, 2.45) is 0 Å². The van der Waals surface area contributed by atoms with Crippen LogP contribution in [0.1, 0.15) is 31.2 Å². The molecular formula is C13H17N3S. The number of rotatable bonds is 3. The summed E-state index contributed by atoms with van der Waals surface area (Å²) in [4.78, 5) is 9.22. The second-order valence-electron chi connectivity index (χ2n) is 4.32. The molecule has 0 atom stereocenters. The first-order valence-corrected chi connectivity index (χ1v) is 6.66. The van der Waals surface area contributed by atoms with Crippen LogP contribution in [0.3, 0.4) is 0 Å². The van der Waals surface area contributed by atoms with Crippen molar-refractivity contribution in [3.8, 4) is 11.3 Å². The van der Waals surface area contributed by atoms with Gasteiger partial charge in [-0.1, -0.05) is 13.8 Å². The van der Waals surface area contributed by atoms with Crippen LogP contribution in [0.4, 0.5) is 5.82 Å². The van der Waals surface area contributed by atoms with Gasteiger partial charge in [-0.05, 0) is 18.4 Å². The second kappa shape index (κ2) is 4.84. The Morgan fingerprint density at radius 1 is 1.29 bits per heavy atom. The molecule has 3 nitrogen and oxygen atoms in total. The number of nitrogens with one attached hydrogen (secondary N) is 1. The summed E-state index contributed by atoms with van der Waals surface area (Å²) in [6.07, 6.45) is 0. The highest BCUT2D eigenvalue weighted by Gasteiger charge is 2.13. The molecule has 90 valence electrons. The quantitative estimate of drug-likeness (QED) is 0.899. The number of thiophene rings is 1. The first-order chi connectivity index (χ1) is 8.13. The normalized spacial score (nSPS) is 10.9. The van der Waals surface area contributed by atoms with Crippen molar-refractivity contribution in [2.45, 2.75) is 26.7 Å². The summed E-state index contributed by atoms with van der Waals surface area (Å²) < 4.78 is 0. The van der Waals surface area contributed by atoms with Gasteiger partial charge in [0, 0.05) is 29.5 Å². The molecule has 0 aromatic carbocycles. The molecule has 1 N–H and O–H groups in total. The van der Waals surface area contributed by atoms with Crippen LogP contribution in [0, 0.1) is 6.92 Å². The summed E-state index contributed by atoms with van der Waals surface area (Å²) in [7, 11) is 1.90. The maximum Gasteiger partial charge on any atom is 0.133 e. The lowest BCUT2D eigenvalue weighted by Gasteiger charge is -2.13. The van der Waals surface area contributed by atoms with Crippen molar-refractivity contribution in [1.82, 2.24) is 9.97 Å². The minimum absolute atomic E-state index is 0.333. The topological polar surface area (TPSA) is 37.8 Å². The van der Waals surface area contributed by atoms with E-state index >= 15 is 0 Å². The van der Waals surface area contributed by atoms with Gasteiger partial charge in [0.05, 0.1) is 5.69 Å². The van der Waals surface area contributed by atoms with Gasteiger partial charge in [-0.2, -0.15) is 11.3 Å². The first kappa shape index (κ1) is 12.0. The van der Waals surface area contributed by atoms with Gasteiger partial charge >= 0.3 is 0 Å². The van der Waals surface area contributed by atoms with Gasteiger partial charge in [0.25, 0.3) is 0 Å². The van der Waals surface area contributed by atoms with E-state index in [4.69, 9.17) is 0 Å². The van der Waals surface area contributed by atoms with Gasteiger partial charge in [-0.3, -0.25) is 0 Å². The maximum absolute atomic E-state index is 4.68. The number of hydrogen-bond donors (Lipinski definition) is 1. The molecule has 0 fully saturated rings. The van der Waals surface area contributed by atoms with Crippen molar-refractivity contribution in [3.05, 3.63) is 28.2 Å². The van der Waals surface area contributed by atoms with E-state index in [-0.39, 0.29) is 0 Å². The highest BCUT2D eigenvalue weighted by molar-refractivity contribution is 7.08. The van der Waals surface area contributed by atoms with E-state index in [9.17, 15) is 0 Å². The predicted molar refractivity (Wildman–Crippen MR) is 73.7 cm³/mol. The number of nitrogens with zero attached hydrogens (tertiary/aromatic N) is 2. The predicted octanol–water partition coefficient (Wildman–Crippen LogP) is 3.68. The Bertz CT molecular complexity index is 504. The van der Waals surface area contributed by atoms with Crippen LogP contribution in [0.25, 0.3) is 11.3 Å². The zero-order chi connectivity index (χ0) is 12.4. The molecule has 0 bridgehead atoms. The average molecular weight is 247 g/mol. The lowest BCUT2D eigenvalue weighted by Crippen LogP contribution is -2.06. The summed E-state index contributed by atoms with van der Waals surface area (Å²) in [6, 6.07) is 2.10. The minimum Gasteiger partial charge on any atom is -0.373 e.